The highest BCUT2D eigenvalue weighted by Gasteiger charge is 2.24. The van der Waals surface area contributed by atoms with Crippen LogP contribution in [0.2, 0.25) is 0 Å². The van der Waals surface area contributed by atoms with E-state index in [1.54, 1.807) is 0 Å². The highest BCUT2D eigenvalue weighted by Crippen LogP contribution is 2.34. The third-order valence-electron chi connectivity index (χ3n) is 5.15. The Morgan fingerprint density at radius 3 is 2.82 bits per heavy atom. The highest BCUT2D eigenvalue weighted by atomic mass is 16.5. The minimum atomic E-state index is 0.196. The van der Waals surface area contributed by atoms with Gasteiger partial charge in [-0.1, -0.05) is 6.07 Å². The third kappa shape index (κ3) is 3.09. The molecule has 1 aliphatic rings. The second kappa shape index (κ2) is 7.00. The van der Waals surface area contributed by atoms with Gasteiger partial charge >= 0.3 is 0 Å². The molecule has 5 nitrogen and oxygen atoms in total. The smallest absolute Gasteiger partial charge is 0.122 e. The first kappa shape index (κ1) is 16.8. The summed E-state index contributed by atoms with van der Waals surface area (Å²) in [7, 11) is 0. The number of rotatable bonds is 4. The fourth-order valence-corrected chi connectivity index (χ4v) is 3.75. The molecule has 2 aromatic heterocycles. The molecule has 3 heterocycles. The van der Waals surface area contributed by atoms with Gasteiger partial charge in [-0.3, -0.25) is 4.98 Å². The van der Waals surface area contributed by atoms with Crippen LogP contribution in [0.4, 0.5) is 0 Å². The number of nitrogens with zero attached hydrogens (tertiary/aromatic N) is 2. The van der Waals surface area contributed by atoms with Crippen LogP contribution < -0.4 is 9.47 Å². The Bertz CT molecular complexity index is 1120. The number of hydrogen-bond acceptors (Lipinski definition) is 4. The van der Waals surface area contributed by atoms with E-state index in [0.717, 1.165) is 45.9 Å². The van der Waals surface area contributed by atoms with Crippen molar-refractivity contribution < 1.29 is 9.47 Å². The summed E-state index contributed by atoms with van der Waals surface area (Å²) in [4.78, 5) is 12.4. The molecule has 5 rings (SSSR count). The van der Waals surface area contributed by atoms with Crippen LogP contribution in [0.25, 0.3) is 22.2 Å². The van der Waals surface area contributed by atoms with E-state index in [1.165, 1.54) is 5.56 Å². The van der Waals surface area contributed by atoms with Crippen molar-refractivity contribution in [2.24, 2.45) is 0 Å². The minimum absolute atomic E-state index is 0.196. The number of aromatic nitrogens is 3. The van der Waals surface area contributed by atoms with Crippen molar-refractivity contribution in [1.82, 2.24) is 15.0 Å². The normalized spacial score (nSPS) is 15.8. The average molecular weight is 371 g/mol. The summed E-state index contributed by atoms with van der Waals surface area (Å²) in [6.45, 7) is 3.28. The number of ether oxygens (including phenoxy) is 2. The van der Waals surface area contributed by atoms with Gasteiger partial charge in [0.2, 0.25) is 0 Å². The van der Waals surface area contributed by atoms with E-state index in [4.69, 9.17) is 14.5 Å². The molecule has 4 aromatic rings. The maximum atomic E-state index is 5.99. The molecule has 0 aliphatic carbocycles. The number of nitrogens with one attached hydrogen (secondary N) is 1. The van der Waals surface area contributed by atoms with Crippen molar-refractivity contribution in [2.45, 2.75) is 19.3 Å². The van der Waals surface area contributed by atoms with Gasteiger partial charge in [0.25, 0.3) is 0 Å². The van der Waals surface area contributed by atoms with Crippen LogP contribution in [0.1, 0.15) is 24.2 Å². The molecule has 1 aliphatic heterocycles. The van der Waals surface area contributed by atoms with Gasteiger partial charge < -0.3 is 14.5 Å². The minimum Gasteiger partial charge on any atom is -0.494 e. The summed E-state index contributed by atoms with van der Waals surface area (Å²) in [5.41, 5.74) is 5.48. The Kier molecular flexibility index (Phi) is 4.20. The molecule has 1 atom stereocenters. The maximum Gasteiger partial charge on any atom is 0.122 e. The largest absolute Gasteiger partial charge is 0.494 e. The van der Waals surface area contributed by atoms with E-state index in [-0.39, 0.29) is 5.92 Å². The van der Waals surface area contributed by atoms with Gasteiger partial charge in [0.15, 0.2) is 0 Å². The van der Waals surface area contributed by atoms with Crippen LogP contribution in [-0.4, -0.2) is 28.2 Å². The monoisotopic (exact) mass is 371 g/mol. The Hall–Kier alpha value is -3.34. The van der Waals surface area contributed by atoms with Gasteiger partial charge in [0, 0.05) is 12.4 Å². The van der Waals surface area contributed by atoms with Gasteiger partial charge in [0.1, 0.15) is 17.3 Å². The van der Waals surface area contributed by atoms with Crippen molar-refractivity contribution in [3.63, 3.8) is 0 Å². The Morgan fingerprint density at radius 1 is 1.07 bits per heavy atom. The van der Waals surface area contributed by atoms with Crippen LogP contribution >= 0.6 is 0 Å². The lowest BCUT2D eigenvalue weighted by atomic mass is 9.96. The topological polar surface area (TPSA) is 60.0 Å². The van der Waals surface area contributed by atoms with Crippen molar-refractivity contribution in [3.05, 3.63) is 72.3 Å². The molecule has 140 valence electrons. The molecule has 1 unspecified atom stereocenters. The van der Waals surface area contributed by atoms with E-state index in [2.05, 4.69) is 34.2 Å². The third-order valence-corrected chi connectivity index (χ3v) is 5.15. The summed E-state index contributed by atoms with van der Waals surface area (Å²) in [5.74, 6) is 2.99. The standard InChI is InChI=1S/C23H21N3O2/c1-2-27-19-4-6-22-17(12-19)11-18(14-28-22)23-25-20-5-3-16(13-21(20)26-23)15-7-9-24-10-8-15/h3-10,12-13,18H,2,11,14H2,1H3,(H,25,26). The Balaban J connectivity index is 1.44. The first-order valence-electron chi connectivity index (χ1n) is 9.59. The zero-order valence-electron chi connectivity index (χ0n) is 15.7. The van der Waals surface area contributed by atoms with Crippen LogP contribution in [0, 0.1) is 0 Å². The maximum absolute atomic E-state index is 5.99. The lowest BCUT2D eigenvalue weighted by molar-refractivity contribution is 0.257. The van der Waals surface area contributed by atoms with Crippen molar-refractivity contribution in [1.29, 1.82) is 0 Å². The van der Waals surface area contributed by atoms with Crippen LogP contribution in [0.15, 0.2) is 60.9 Å². The average Bonchev–Trinajstić information content (AvgIpc) is 3.17. The fraction of sp³-hybridized carbons (Fsp3) is 0.217. The quantitative estimate of drug-likeness (QED) is 0.563. The molecule has 1 N–H and O–H groups in total. The molecule has 2 aromatic carbocycles. The highest BCUT2D eigenvalue weighted by molar-refractivity contribution is 5.82. The van der Waals surface area contributed by atoms with Crippen molar-refractivity contribution in [3.8, 4) is 22.6 Å². The van der Waals surface area contributed by atoms with Gasteiger partial charge in [-0.15, -0.1) is 0 Å². The number of hydrogen-bond donors (Lipinski definition) is 1. The molecule has 5 heteroatoms. The molecule has 0 radical (unpaired) electrons. The van der Waals surface area contributed by atoms with Gasteiger partial charge in [-0.25, -0.2) is 4.98 Å². The molecule has 0 spiro atoms. The predicted octanol–water partition coefficient (Wildman–Crippen LogP) is 4.74. The number of pyridine rings is 1. The summed E-state index contributed by atoms with van der Waals surface area (Å²) in [6.07, 6.45) is 4.50. The summed E-state index contributed by atoms with van der Waals surface area (Å²) >= 11 is 0. The van der Waals surface area contributed by atoms with E-state index in [0.29, 0.717) is 13.2 Å². The zero-order chi connectivity index (χ0) is 18.9. The molecule has 0 fully saturated rings. The summed E-state index contributed by atoms with van der Waals surface area (Å²) in [5, 5.41) is 0. The van der Waals surface area contributed by atoms with Gasteiger partial charge in [0.05, 0.1) is 30.2 Å². The molecule has 0 saturated carbocycles. The first-order chi connectivity index (χ1) is 13.8. The van der Waals surface area contributed by atoms with E-state index < -0.39 is 0 Å². The number of fused-ring (bicyclic) bond motifs is 2. The number of aromatic amines is 1. The summed E-state index contributed by atoms with van der Waals surface area (Å²) < 4.78 is 11.6. The van der Waals surface area contributed by atoms with Crippen molar-refractivity contribution >= 4 is 11.0 Å². The van der Waals surface area contributed by atoms with Crippen molar-refractivity contribution in [2.75, 3.05) is 13.2 Å². The van der Waals surface area contributed by atoms with E-state index in [1.807, 2.05) is 43.6 Å². The zero-order valence-corrected chi connectivity index (χ0v) is 15.7. The predicted molar refractivity (Wildman–Crippen MR) is 109 cm³/mol. The Labute approximate surface area is 163 Å². The summed E-state index contributed by atoms with van der Waals surface area (Å²) in [6, 6.07) is 16.4. The lowest BCUT2D eigenvalue weighted by Crippen LogP contribution is -2.20. The SMILES string of the molecule is CCOc1ccc2c(c1)CC(c1nc3ccc(-c4ccncc4)cc3[nH]1)CO2. The lowest BCUT2D eigenvalue weighted by Gasteiger charge is -2.24. The molecule has 28 heavy (non-hydrogen) atoms. The fourth-order valence-electron chi connectivity index (χ4n) is 3.75. The Morgan fingerprint density at radius 2 is 1.96 bits per heavy atom. The molecular formula is C23H21N3O2. The first-order valence-corrected chi connectivity index (χ1v) is 9.59. The number of H-pyrrole nitrogens is 1. The second-order valence-electron chi connectivity index (χ2n) is 7.00. The number of imidazole rings is 1. The second-order valence-corrected chi connectivity index (χ2v) is 7.00. The molecule has 0 amide bonds. The molecular weight excluding hydrogens is 350 g/mol. The van der Waals surface area contributed by atoms with Crippen LogP contribution in [0.5, 0.6) is 11.5 Å². The molecule has 0 bridgehead atoms. The van der Waals surface area contributed by atoms with Crippen LogP contribution in [0.3, 0.4) is 0 Å². The van der Waals surface area contributed by atoms with E-state index >= 15 is 0 Å². The molecule has 0 saturated heterocycles. The van der Waals surface area contributed by atoms with Gasteiger partial charge in [-0.2, -0.15) is 0 Å². The number of benzene rings is 2. The van der Waals surface area contributed by atoms with Gasteiger partial charge in [-0.05, 0) is 72.5 Å². The van der Waals surface area contributed by atoms with E-state index in [9.17, 15) is 0 Å². The van der Waals surface area contributed by atoms with Crippen LogP contribution in [-0.2, 0) is 6.42 Å².